The van der Waals surface area contributed by atoms with Crippen LogP contribution in [0.15, 0.2) is 83.5 Å². The first kappa shape index (κ1) is 39.0. The van der Waals surface area contributed by atoms with Crippen LogP contribution >= 0.6 is 11.6 Å². The smallest absolute Gasteiger partial charge is 0.326 e. The standard InChI is InChI=1S/C45H45ClN4O8/c1-25-22-47-17-16-36(25)29-6-4-28(5-7-29)18-37(45(53)54)49-43(51)38-19-31-20-39-40(21-32(31)23-50(38)44(52)42-26(2)56-27(3)48-42)58-41(24-55-39)30-8-12-34(13-9-30)57-35-14-10-33(46)11-15-35/h4-9,12-13,16-17,20-22,33,35,37-38,41H,10-11,14-15,18-19,23-24H2,1-3H3,(H,49,51)(H,53,54)/t33?,35?,37-,38-,41+/m0/s1. The number of fused-ring (bicyclic) bond motifs is 2. The van der Waals surface area contributed by atoms with Gasteiger partial charge in [-0.1, -0.05) is 36.4 Å². The summed E-state index contributed by atoms with van der Waals surface area (Å²) in [7, 11) is 0. The number of hydrogen-bond acceptors (Lipinski definition) is 9. The highest BCUT2D eigenvalue weighted by molar-refractivity contribution is 6.20. The number of carbonyl (C=O) groups is 3. The fourth-order valence-electron chi connectivity index (χ4n) is 8.04. The van der Waals surface area contributed by atoms with E-state index in [1.165, 1.54) is 4.90 Å². The molecule has 5 aromatic rings. The summed E-state index contributed by atoms with van der Waals surface area (Å²) in [6, 6.07) is 18.8. The molecular formula is C45H45ClN4O8. The predicted octanol–water partition coefficient (Wildman–Crippen LogP) is 7.48. The molecule has 0 radical (unpaired) electrons. The number of pyridine rings is 1. The number of aromatic nitrogens is 2. The van der Waals surface area contributed by atoms with Crippen molar-refractivity contribution in [3.8, 4) is 28.4 Å². The molecular weight excluding hydrogens is 760 g/mol. The summed E-state index contributed by atoms with van der Waals surface area (Å²) in [6.45, 7) is 5.59. The van der Waals surface area contributed by atoms with Crippen LogP contribution in [0.3, 0.4) is 0 Å². The van der Waals surface area contributed by atoms with Crippen LogP contribution in [0.1, 0.15) is 81.7 Å². The number of amides is 2. The molecule has 58 heavy (non-hydrogen) atoms. The van der Waals surface area contributed by atoms with Gasteiger partial charge in [0.05, 0.1) is 6.10 Å². The number of benzene rings is 3. The van der Waals surface area contributed by atoms with Crippen molar-refractivity contribution in [1.82, 2.24) is 20.2 Å². The van der Waals surface area contributed by atoms with E-state index in [9.17, 15) is 19.5 Å². The number of nitrogens with one attached hydrogen (secondary N) is 1. The molecule has 8 rings (SSSR count). The Morgan fingerprint density at radius 1 is 0.966 bits per heavy atom. The number of carboxylic acids is 1. The number of oxazole rings is 1. The Morgan fingerprint density at radius 3 is 2.40 bits per heavy atom. The molecule has 2 aromatic heterocycles. The number of carbonyl (C=O) groups excluding carboxylic acids is 2. The van der Waals surface area contributed by atoms with E-state index in [-0.39, 0.29) is 49.3 Å². The van der Waals surface area contributed by atoms with Gasteiger partial charge in [0.1, 0.15) is 30.2 Å². The number of aliphatic carboxylic acids is 1. The lowest BCUT2D eigenvalue weighted by atomic mass is 9.91. The molecule has 3 aromatic carbocycles. The van der Waals surface area contributed by atoms with Crippen molar-refractivity contribution in [3.05, 3.63) is 124 Å². The molecule has 2 aliphatic heterocycles. The molecule has 1 aliphatic carbocycles. The van der Waals surface area contributed by atoms with Crippen molar-refractivity contribution in [2.24, 2.45) is 0 Å². The van der Waals surface area contributed by atoms with Crippen molar-refractivity contribution >= 4 is 29.4 Å². The topological polar surface area (TPSA) is 153 Å². The Hall–Kier alpha value is -5.88. The minimum atomic E-state index is -1.25. The van der Waals surface area contributed by atoms with E-state index in [0.29, 0.717) is 23.1 Å². The number of rotatable bonds is 10. The zero-order valence-electron chi connectivity index (χ0n) is 32.6. The number of ether oxygens (including phenoxy) is 3. The SMILES string of the molecule is Cc1nc(C(=O)N2Cc3cc4c(cc3C[C@H]2C(=O)N[C@@H](Cc2ccc(-c3ccncc3C)cc2)C(=O)O)OC[C@H](c2ccc(OC3CCC(Cl)CC3)cc2)O4)c(C)o1. The van der Waals surface area contributed by atoms with Crippen molar-refractivity contribution in [3.63, 3.8) is 0 Å². The van der Waals surface area contributed by atoms with Crippen LogP contribution in [0.25, 0.3) is 11.1 Å². The van der Waals surface area contributed by atoms with Gasteiger partial charge in [-0.15, -0.1) is 11.6 Å². The van der Waals surface area contributed by atoms with Gasteiger partial charge in [0.15, 0.2) is 29.2 Å². The Morgan fingerprint density at radius 2 is 1.71 bits per heavy atom. The van der Waals surface area contributed by atoms with Crippen molar-refractivity contribution in [1.29, 1.82) is 0 Å². The average Bonchev–Trinajstić information content (AvgIpc) is 3.57. The van der Waals surface area contributed by atoms with Crippen LogP contribution in [0, 0.1) is 20.8 Å². The normalized spacial score (nSPS) is 20.4. The van der Waals surface area contributed by atoms with Gasteiger partial charge in [0.2, 0.25) is 5.91 Å². The fraction of sp³-hybridized carbons (Fsp3) is 0.356. The molecule has 1 fully saturated rings. The highest BCUT2D eigenvalue weighted by Gasteiger charge is 2.39. The Kier molecular flexibility index (Phi) is 11.1. The molecule has 0 unspecified atom stereocenters. The highest BCUT2D eigenvalue weighted by Crippen LogP contribution is 2.41. The van der Waals surface area contributed by atoms with E-state index in [0.717, 1.165) is 70.4 Å². The van der Waals surface area contributed by atoms with Gasteiger partial charge < -0.3 is 34.0 Å². The van der Waals surface area contributed by atoms with Gasteiger partial charge in [-0.2, -0.15) is 0 Å². The summed E-state index contributed by atoms with van der Waals surface area (Å²) >= 11 is 6.27. The van der Waals surface area contributed by atoms with Crippen molar-refractivity contribution in [2.75, 3.05) is 6.61 Å². The summed E-state index contributed by atoms with van der Waals surface area (Å²) in [4.78, 5) is 50.8. The maximum Gasteiger partial charge on any atom is 0.326 e. The second kappa shape index (κ2) is 16.5. The van der Waals surface area contributed by atoms with Gasteiger partial charge in [-0.05, 0) is 109 Å². The number of halogens is 1. The molecule has 12 nitrogen and oxygen atoms in total. The second-order valence-electron chi connectivity index (χ2n) is 15.3. The summed E-state index contributed by atoms with van der Waals surface area (Å²) in [5, 5.41) is 13.2. The molecule has 0 saturated heterocycles. The van der Waals surface area contributed by atoms with Crippen LogP contribution in [-0.2, 0) is 29.0 Å². The Balaban J connectivity index is 1.00. The van der Waals surface area contributed by atoms with E-state index in [2.05, 4.69) is 15.3 Å². The van der Waals surface area contributed by atoms with Gasteiger partial charge in [-0.25, -0.2) is 9.78 Å². The molecule has 3 aliphatic rings. The molecule has 300 valence electrons. The molecule has 2 N–H and O–H groups in total. The van der Waals surface area contributed by atoms with Crippen LogP contribution in [-0.4, -0.2) is 67.9 Å². The van der Waals surface area contributed by atoms with Crippen LogP contribution in [0.4, 0.5) is 0 Å². The number of hydrogen-bond donors (Lipinski definition) is 2. The van der Waals surface area contributed by atoms with E-state index in [1.54, 1.807) is 26.2 Å². The monoisotopic (exact) mass is 804 g/mol. The van der Waals surface area contributed by atoms with E-state index in [4.69, 9.17) is 30.2 Å². The van der Waals surface area contributed by atoms with Gasteiger partial charge in [-0.3, -0.25) is 14.6 Å². The summed E-state index contributed by atoms with van der Waals surface area (Å²) < 4.78 is 24.5. The lowest BCUT2D eigenvalue weighted by Crippen LogP contribution is -2.56. The zero-order chi connectivity index (χ0) is 40.5. The second-order valence-corrected chi connectivity index (χ2v) is 15.9. The van der Waals surface area contributed by atoms with Gasteiger partial charge >= 0.3 is 5.97 Å². The molecule has 13 heteroatoms. The Labute approximate surface area is 341 Å². The third-order valence-corrected chi connectivity index (χ3v) is 11.7. The maximum atomic E-state index is 14.2. The van der Waals surface area contributed by atoms with E-state index < -0.39 is 29.9 Å². The minimum Gasteiger partial charge on any atom is -0.490 e. The van der Waals surface area contributed by atoms with Crippen molar-refractivity contribution < 1.29 is 38.1 Å². The van der Waals surface area contributed by atoms with Crippen LogP contribution in [0.2, 0.25) is 0 Å². The van der Waals surface area contributed by atoms with Gasteiger partial charge in [0, 0.05) is 44.1 Å². The molecule has 0 bridgehead atoms. The third kappa shape index (κ3) is 8.38. The number of alkyl halides is 1. The Bertz CT molecular complexity index is 2320. The largest absolute Gasteiger partial charge is 0.490 e. The van der Waals surface area contributed by atoms with E-state index in [1.807, 2.05) is 73.7 Å². The predicted molar refractivity (Wildman–Crippen MR) is 215 cm³/mol. The summed E-state index contributed by atoms with van der Waals surface area (Å²) in [5.74, 6) is 0.208. The van der Waals surface area contributed by atoms with Crippen molar-refractivity contribution in [2.45, 2.75) is 95.5 Å². The highest BCUT2D eigenvalue weighted by atomic mass is 35.5. The van der Waals surface area contributed by atoms with Crippen LogP contribution in [0.5, 0.6) is 17.2 Å². The average molecular weight is 805 g/mol. The lowest BCUT2D eigenvalue weighted by molar-refractivity contribution is -0.142. The minimum absolute atomic E-state index is 0.0423. The summed E-state index contributed by atoms with van der Waals surface area (Å²) in [6.07, 6.45) is 7.24. The molecule has 3 atom stereocenters. The molecule has 1 saturated carbocycles. The maximum absolute atomic E-state index is 14.2. The van der Waals surface area contributed by atoms with E-state index >= 15 is 0 Å². The van der Waals surface area contributed by atoms with Gasteiger partial charge in [0.25, 0.3) is 5.91 Å². The number of aryl methyl sites for hydroxylation is 3. The lowest BCUT2D eigenvalue weighted by Gasteiger charge is -2.37. The first-order chi connectivity index (χ1) is 28.0. The number of nitrogens with zero attached hydrogens (tertiary/aromatic N) is 3. The quantitative estimate of drug-likeness (QED) is 0.136. The molecule has 2 amide bonds. The zero-order valence-corrected chi connectivity index (χ0v) is 33.3. The first-order valence-electron chi connectivity index (χ1n) is 19.6. The fourth-order valence-corrected chi connectivity index (χ4v) is 8.29. The molecule has 0 spiro atoms. The first-order valence-corrected chi connectivity index (χ1v) is 20.1. The molecule has 4 heterocycles. The third-order valence-electron chi connectivity index (χ3n) is 11.2. The summed E-state index contributed by atoms with van der Waals surface area (Å²) in [5.41, 5.74) is 6.33. The number of carboxylic acid groups (broad SMARTS) is 1. The van der Waals surface area contributed by atoms with Crippen LogP contribution < -0.4 is 19.5 Å².